The van der Waals surface area contributed by atoms with Crippen LogP contribution >= 0.6 is 11.3 Å². The number of rotatable bonds is 1. The number of benzene rings is 1. The molecule has 132 valence electrons. The molecule has 1 aromatic heterocycles. The summed E-state index contributed by atoms with van der Waals surface area (Å²) in [4.78, 5) is 6.97. The number of aromatic nitrogens is 1. The molecule has 1 aliphatic rings. The van der Waals surface area contributed by atoms with Gasteiger partial charge in [0.25, 0.3) is 0 Å². The van der Waals surface area contributed by atoms with Crippen LogP contribution in [-0.4, -0.2) is 70.9 Å². The SMILES string of the molecule is c1ccc2sc(N3CCOCCOCCOCCOCC3)nc2c1. The van der Waals surface area contributed by atoms with Crippen molar-refractivity contribution in [2.75, 3.05) is 70.8 Å². The van der Waals surface area contributed by atoms with E-state index in [9.17, 15) is 0 Å². The van der Waals surface area contributed by atoms with Gasteiger partial charge in [0.1, 0.15) is 0 Å². The van der Waals surface area contributed by atoms with Crippen LogP contribution in [0, 0.1) is 0 Å². The third-order valence-electron chi connectivity index (χ3n) is 3.68. The first-order valence-corrected chi connectivity index (χ1v) is 9.16. The molecule has 3 rings (SSSR count). The molecule has 1 aromatic carbocycles. The predicted octanol–water partition coefficient (Wildman–Crippen LogP) is 2.18. The lowest BCUT2D eigenvalue weighted by molar-refractivity contribution is 0.00206. The predicted molar refractivity (Wildman–Crippen MR) is 95.1 cm³/mol. The number of nitrogens with zero attached hydrogens (tertiary/aromatic N) is 2. The summed E-state index contributed by atoms with van der Waals surface area (Å²) in [7, 11) is 0. The number of anilines is 1. The van der Waals surface area contributed by atoms with Gasteiger partial charge in [0.05, 0.1) is 63.1 Å². The van der Waals surface area contributed by atoms with Crippen LogP contribution in [0.3, 0.4) is 0 Å². The molecule has 0 N–H and O–H groups in total. The van der Waals surface area contributed by atoms with Gasteiger partial charge < -0.3 is 23.8 Å². The number of ether oxygens (including phenoxy) is 4. The Hall–Kier alpha value is -1.25. The van der Waals surface area contributed by atoms with Crippen molar-refractivity contribution in [3.05, 3.63) is 24.3 Å². The highest BCUT2D eigenvalue weighted by atomic mass is 32.1. The Morgan fingerprint density at radius 2 is 1.29 bits per heavy atom. The smallest absolute Gasteiger partial charge is 0.186 e. The molecule has 1 fully saturated rings. The Morgan fingerprint density at radius 3 is 1.88 bits per heavy atom. The van der Waals surface area contributed by atoms with Crippen LogP contribution in [-0.2, 0) is 18.9 Å². The Bertz CT molecular complexity index is 558. The number of hydrogen-bond donors (Lipinski definition) is 0. The van der Waals surface area contributed by atoms with Crippen LogP contribution in [0.1, 0.15) is 0 Å². The van der Waals surface area contributed by atoms with Crippen LogP contribution in [0.2, 0.25) is 0 Å². The fourth-order valence-corrected chi connectivity index (χ4v) is 3.43. The van der Waals surface area contributed by atoms with Crippen LogP contribution < -0.4 is 4.90 Å². The summed E-state index contributed by atoms with van der Waals surface area (Å²) in [5, 5.41) is 1.01. The first-order valence-electron chi connectivity index (χ1n) is 8.35. The molecule has 0 spiro atoms. The van der Waals surface area contributed by atoms with Crippen molar-refractivity contribution in [3.8, 4) is 0 Å². The minimum atomic E-state index is 0.598. The number of para-hydroxylation sites is 1. The lowest BCUT2D eigenvalue weighted by Gasteiger charge is -2.21. The summed E-state index contributed by atoms with van der Waals surface area (Å²) in [6.07, 6.45) is 0. The van der Waals surface area contributed by atoms with E-state index >= 15 is 0 Å². The summed E-state index contributed by atoms with van der Waals surface area (Å²) in [6, 6.07) is 8.21. The maximum Gasteiger partial charge on any atom is 0.186 e. The topological polar surface area (TPSA) is 53.1 Å². The molecule has 2 heterocycles. The van der Waals surface area contributed by atoms with Crippen LogP contribution in [0.25, 0.3) is 10.2 Å². The molecule has 0 bridgehead atoms. The van der Waals surface area contributed by atoms with Gasteiger partial charge in [-0.1, -0.05) is 23.5 Å². The maximum absolute atomic E-state index is 5.66. The van der Waals surface area contributed by atoms with E-state index in [1.165, 1.54) is 4.70 Å². The second-order valence-corrected chi connectivity index (χ2v) is 6.41. The fourth-order valence-electron chi connectivity index (χ4n) is 2.41. The molecule has 1 saturated heterocycles. The average Bonchev–Trinajstić information content (AvgIpc) is 3.02. The first kappa shape index (κ1) is 17.6. The van der Waals surface area contributed by atoms with Gasteiger partial charge in [0.2, 0.25) is 0 Å². The molecule has 0 saturated carbocycles. The second-order valence-electron chi connectivity index (χ2n) is 5.40. The molecular weight excluding hydrogens is 328 g/mol. The zero-order chi connectivity index (χ0) is 16.5. The van der Waals surface area contributed by atoms with E-state index in [1.807, 2.05) is 18.2 Å². The van der Waals surface area contributed by atoms with E-state index in [1.54, 1.807) is 11.3 Å². The lowest BCUT2D eigenvalue weighted by atomic mass is 10.3. The van der Waals surface area contributed by atoms with Gasteiger partial charge in [0, 0.05) is 13.1 Å². The Labute approximate surface area is 146 Å². The van der Waals surface area contributed by atoms with Gasteiger partial charge >= 0.3 is 0 Å². The second kappa shape index (κ2) is 9.90. The number of fused-ring (bicyclic) bond motifs is 1. The van der Waals surface area contributed by atoms with Crippen molar-refractivity contribution >= 4 is 26.7 Å². The highest BCUT2D eigenvalue weighted by Crippen LogP contribution is 2.28. The summed E-state index contributed by atoms with van der Waals surface area (Å²) >= 11 is 1.71. The van der Waals surface area contributed by atoms with Crippen molar-refractivity contribution in [2.45, 2.75) is 0 Å². The number of thiazole rings is 1. The number of hydrogen-bond acceptors (Lipinski definition) is 7. The summed E-state index contributed by atoms with van der Waals surface area (Å²) in [5.74, 6) is 0. The molecule has 2 aromatic rings. The van der Waals surface area contributed by atoms with E-state index < -0.39 is 0 Å². The maximum atomic E-state index is 5.66. The zero-order valence-corrected chi connectivity index (χ0v) is 14.6. The van der Waals surface area contributed by atoms with E-state index in [4.69, 9.17) is 23.9 Å². The Morgan fingerprint density at radius 1 is 0.750 bits per heavy atom. The molecule has 7 heteroatoms. The monoisotopic (exact) mass is 352 g/mol. The highest BCUT2D eigenvalue weighted by Gasteiger charge is 2.12. The molecule has 0 amide bonds. The summed E-state index contributed by atoms with van der Waals surface area (Å²) in [6.45, 7) is 6.48. The van der Waals surface area contributed by atoms with Gasteiger partial charge in [0.15, 0.2) is 5.13 Å². The molecule has 24 heavy (non-hydrogen) atoms. The molecule has 0 unspecified atom stereocenters. The zero-order valence-electron chi connectivity index (χ0n) is 13.8. The van der Waals surface area contributed by atoms with E-state index in [-0.39, 0.29) is 0 Å². The normalized spacial score (nSPS) is 19.8. The largest absolute Gasteiger partial charge is 0.377 e. The fraction of sp³-hybridized carbons (Fsp3) is 0.588. The Balaban J connectivity index is 1.61. The molecule has 1 aliphatic heterocycles. The van der Waals surface area contributed by atoms with Gasteiger partial charge in [-0.15, -0.1) is 0 Å². The average molecular weight is 352 g/mol. The summed E-state index contributed by atoms with van der Waals surface area (Å²) < 4.78 is 23.4. The Kier molecular flexibility index (Phi) is 7.25. The third-order valence-corrected chi connectivity index (χ3v) is 4.78. The molecule has 6 nitrogen and oxygen atoms in total. The van der Waals surface area contributed by atoms with Crippen molar-refractivity contribution in [2.24, 2.45) is 0 Å². The van der Waals surface area contributed by atoms with Crippen LogP contribution in [0.15, 0.2) is 24.3 Å². The quantitative estimate of drug-likeness (QED) is 0.784. The molecular formula is C17H24N2O4S. The van der Waals surface area contributed by atoms with E-state index in [0.717, 1.165) is 23.7 Å². The molecule has 0 atom stereocenters. The van der Waals surface area contributed by atoms with Crippen molar-refractivity contribution < 1.29 is 18.9 Å². The van der Waals surface area contributed by atoms with E-state index in [0.29, 0.717) is 52.9 Å². The highest BCUT2D eigenvalue weighted by molar-refractivity contribution is 7.22. The minimum Gasteiger partial charge on any atom is -0.377 e. The first-order chi connectivity index (χ1) is 11.9. The van der Waals surface area contributed by atoms with Gasteiger partial charge in [-0.2, -0.15) is 0 Å². The van der Waals surface area contributed by atoms with Crippen LogP contribution in [0.5, 0.6) is 0 Å². The summed E-state index contributed by atoms with van der Waals surface area (Å²) in [5.41, 5.74) is 1.04. The van der Waals surface area contributed by atoms with Gasteiger partial charge in [-0.25, -0.2) is 4.98 Å². The molecule has 0 aliphatic carbocycles. The van der Waals surface area contributed by atoms with Crippen molar-refractivity contribution in [1.82, 2.24) is 4.98 Å². The van der Waals surface area contributed by atoms with Crippen molar-refractivity contribution in [1.29, 1.82) is 0 Å². The van der Waals surface area contributed by atoms with Gasteiger partial charge in [-0.3, -0.25) is 0 Å². The van der Waals surface area contributed by atoms with Crippen molar-refractivity contribution in [3.63, 3.8) is 0 Å². The van der Waals surface area contributed by atoms with Gasteiger partial charge in [-0.05, 0) is 12.1 Å². The minimum absolute atomic E-state index is 0.598. The van der Waals surface area contributed by atoms with Crippen LogP contribution in [0.4, 0.5) is 5.13 Å². The third kappa shape index (κ3) is 5.39. The van der Waals surface area contributed by atoms with E-state index in [2.05, 4.69) is 11.0 Å². The standard InChI is InChI=1S/C17H24N2O4S/c1-2-4-16-15(3-1)18-17(24-16)19-5-7-20-9-11-22-13-14-23-12-10-21-8-6-19/h1-4H,5-14H2. The lowest BCUT2D eigenvalue weighted by Crippen LogP contribution is -2.31. The molecule has 0 radical (unpaired) electrons.